The Morgan fingerprint density at radius 3 is 1.26 bits per heavy atom. The van der Waals surface area contributed by atoms with Gasteiger partial charge in [-0.2, -0.15) is 0 Å². The van der Waals surface area contributed by atoms with E-state index in [1.807, 2.05) is 81.3 Å². The Morgan fingerprint density at radius 1 is 0.643 bits per heavy atom. The third-order valence-corrected chi connectivity index (χ3v) is 10.0. The first-order valence-electron chi connectivity index (χ1n) is 14.7. The first kappa shape index (κ1) is 44.9. The second-order valence-corrected chi connectivity index (χ2v) is 15.1. The summed E-state index contributed by atoms with van der Waals surface area (Å²) in [4.78, 5) is 36.3. The predicted octanol–water partition coefficient (Wildman–Crippen LogP) is 4.72. The molecule has 0 aromatic carbocycles. The minimum absolute atomic E-state index is 0.0995. The fourth-order valence-electron chi connectivity index (χ4n) is 2.49. The maximum absolute atomic E-state index is 11.7. The van der Waals surface area contributed by atoms with Gasteiger partial charge in [0.15, 0.2) is 0 Å². The van der Waals surface area contributed by atoms with Crippen LogP contribution in [-0.4, -0.2) is 105 Å². The third kappa shape index (κ3) is 19.6. The van der Waals surface area contributed by atoms with E-state index in [0.29, 0.717) is 25.7 Å². The van der Waals surface area contributed by atoms with Gasteiger partial charge in [0.2, 0.25) is 0 Å². The molecule has 0 rings (SSSR count). The van der Waals surface area contributed by atoms with Gasteiger partial charge in [0.1, 0.15) is 13.2 Å². The number of aliphatic hydroxyl groups excluding tert-OH is 1. The van der Waals surface area contributed by atoms with Gasteiger partial charge in [0.25, 0.3) is 0 Å². The van der Waals surface area contributed by atoms with E-state index in [-0.39, 0.29) is 36.5 Å². The molecule has 0 aliphatic rings. The van der Waals surface area contributed by atoms with Crippen LogP contribution in [0.1, 0.15) is 88.0 Å². The van der Waals surface area contributed by atoms with Gasteiger partial charge in [-0.1, -0.05) is 20.8 Å². The Morgan fingerprint density at radius 2 is 0.976 bits per heavy atom. The van der Waals surface area contributed by atoms with Gasteiger partial charge in [0.05, 0.1) is 29.5 Å². The normalized spacial score (nSPS) is 12.0. The van der Waals surface area contributed by atoms with Crippen LogP contribution < -0.4 is 0 Å². The molecule has 42 heavy (non-hydrogen) atoms. The van der Waals surface area contributed by atoms with Gasteiger partial charge in [0, 0.05) is 33.9 Å². The molecule has 0 saturated carbocycles. The summed E-state index contributed by atoms with van der Waals surface area (Å²) in [7, 11) is 6.10. The molecule has 0 spiro atoms. The fraction of sp³-hybridized carbons (Fsp3) is 0.900. The Kier molecular flexibility index (Phi) is 24.5. The largest absolute Gasteiger partial charge is 0.500 e. The molecule has 0 amide bonds. The molecule has 0 aromatic heterocycles. The van der Waals surface area contributed by atoms with Crippen LogP contribution in [0.5, 0.6) is 0 Å². The lowest BCUT2D eigenvalue weighted by atomic mass is 9.91. The number of nitrogens with zero attached hydrogens (tertiary/aromatic N) is 1. The van der Waals surface area contributed by atoms with Crippen LogP contribution in [0.25, 0.3) is 0 Å². The summed E-state index contributed by atoms with van der Waals surface area (Å²) in [5.41, 5.74) is -1.18. The van der Waals surface area contributed by atoms with Crippen LogP contribution >= 0.6 is 0 Å². The second kappa shape index (κ2) is 22.9. The Hall–Kier alpha value is -1.57. The van der Waals surface area contributed by atoms with E-state index < -0.39 is 19.6 Å². The number of likely N-dealkylation sites (N-methyl/N-ethyl adjacent to an activating group) is 1. The lowest BCUT2D eigenvalue weighted by Crippen LogP contribution is -2.42. The molecule has 0 atom stereocenters. The lowest BCUT2D eigenvalue weighted by molar-refractivity contribution is -0.155. The highest BCUT2D eigenvalue weighted by Crippen LogP contribution is 2.23. The number of ether oxygens (including phenoxy) is 3. The summed E-state index contributed by atoms with van der Waals surface area (Å²) in [5, 5.41) is 8.38. The third-order valence-electron chi connectivity index (χ3n) is 7.20. The van der Waals surface area contributed by atoms with Gasteiger partial charge >= 0.3 is 26.7 Å². The van der Waals surface area contributed by atoms with Gasteiger partial charge in [-0.15, -0.1) is 0 Å². The maximum atomic E-state index is 11.7. The molecule has 0 aromatic rings. The SMILES string of the molecule is CCC(C)(C)C(=O)OCCC[Si](OC)(OC)OC.CCC(C)(C)C(=O)OCCN(C)C.CCC(C)(C)C(=O)OCCO. The van der Waals surface area contributed by atoms with E-state index in [1.165, 1.54) is 0 Å². The van der Waals surface area contributed by atoms with Crippen molar-refractivity contribution in [3.8, 4) is 0 Å². The fourth-order valence-corrected chi connectivity index (χ4v) is 4.18. The summed E-state index contributed by atoms with van der Waals surface area (Å²) in [6, 6.07) is 0.635. The van der Waals surface area contributed by atoms with E-state index >= 15 is 0 Å². The van der Waals surface area contributed by atoms with Gasteiger partial charge < -0.3 is 37.5 Å². The Balaban J connectivity index is -0.000000563. The van der Waals surface area contributed by atoms with Gasteiger partial charge in [-0.25, -0.2) is 0 Å². The van der Waals surface area contributed by atoms with Crippen molar-refractivity contribution < 1.29 is 47.0 Å². The van der Waals surface area contributed by atoms with Crippen molar-refractivity contribution in [3.63, 3.8) is 0 Å². The average Bonchev–Trinajstić information content (AvgIpc) is 2.96. The topological polar surface area (TPSA) is 130 Å². The molecule has 0 radical (unpaired) electrons. The van der Waals surface area contributed by atoms with Crippen LogP contribution in [0, 0.1) is 16.2 Å². The smallest absolute Gasteiger partial charge is 0.465 e. The van der Waals surface area contributed by atoms with E-state index in [1.54, 1.807) is 21.3 Å². The van der Waals surface area contributed by atoms with Crippen LogP contribution in [0.2, 0.25) is 6.04 Å². The number of esters is 3. The highest BCUT2D eigenvalue weighted by Gasteiger charge is 2.37. The monoisotopic (exact) mass is 625 g/mol. The zero-order chi connectivity index (χ0) is 33.6. The number of hydrogen-bond donors (Lipinski definition) is 1. The van der Waals surface area contributed by atoms with Crippen molar-refractivity contribution in [3.05, 3.63) is 0 Å². The highest BCUT2D eigenvalue weighted by molar-refractivity contribution is 6.60. The van der Waals surface area contributed by atoms with Crippen molar-refractivity contribution in [2.24, 2.45) is 16.2 Å². The van der Waals surface area contributed by atoms with Crippen molar-refractivity contribution >= 4 is 26.7 Å². The molecular formula is C30H63NO10Si. The first-order chi connectivity index (χ1) is 19.3. The molecule has 0 heterocycles. The minimum atomic E-state index is -2.53. The summed E-state index contributed by atoms with van der Waals surface area (Å²) < 4.78 is 31.0. The van der Waals surface area contributed by atoms with Crippen LogP contribution in [0.3, 0.4) is 0 Å². The Labute approximate surface area is 257 Å². The minimum Gasteiger partial charge on any atom is -0.465 e. The number of aliphatic hydroxyl groups is 1. The van der Waals surface area contributed by atoms with E-state index in [4.69, 9.17) is 32.6 Å². The van der Waals surface area contributed by atoms with Gasteiger partial charge in [-0.3, -0.25) is 14.4 Å². The quantitative estimate of drug-likeness (QED) is 0.0983. The summed E-state index contributed by atoms with van der Waals surface area (Å²) in [5.74, 6) is -0.504. The molecule has 0 aliphatic heterocycles. The van der Waals surface area contributed by atoms with E-state index in [0.717, 1.165) is 25.8 Å². The van der Waals surface area contributed by atoms with E-state index in [9.17, 15) is 14.4 Å². The summed E-state index contributed by atoms with van der Waals surface area (Å²) in [6.45, 7) is 18.8. The lowest BCUT2D eigenvalue weighted by Gasteiger charge is -2.24. The van der Waals surface area contributed by atoms with Crippen molar-refractivity contribution in [2.45, 2.75) is 94.0 Å². The molecule has 0 fully saturated rings. The molecule has 0 aliphatic carbocycles. The number of carbonyl (C=O) groups is 3. The summed E-state index contributed by atoms with van der Waals surface area (Å²) >= 11 is 0. The van der Waals surface area contributed by atoms with Crippen molar-refractivity contribution in [1.29, 1.82) is 0 Å². The molecular weight excluding hydrogens is 562 g/mol. The van der Waals surface area contributed by atoms with Gasteiger partial charge in [-0.05, 0) is 81.3 Å². The second-order valence-electron chi connectivity index (χ2n) is 12.0. The predicted molar refractivity (Wildman–Crippen MR) is 167 cm³/mol. The molecule has 0 saturated heterocycles. The molecule has 1 N–H and O–H groups in total. The van der Waals surface area contributed by atoms with Crippen molar-refractivity contribution in [2.75, 3.05) is 68.4 Å². The molecule has 0 unspecified atom stereocenters. The molecule has 252 valence electrons. The number of carbonyl (C=O) groups excluding carboxylic acids is 3. The maximum Gasteiger partial charge on any atom is 0.500 e. The average molecular weight is 626 g/mol. The van der Waals surface area contributed by atoms with Crippen LogP contribution in [-0.2, 0) is 41.9 Å². The molecule has 11 nitrogen and oxygen atoms in total. The summed E-state index contributed by atoms with van der Waals surface area (Å²) in [6.07, 6.45) is 3.00. The Bertz CT molecular complexity index is 729. The first-order valence-corrected chi connectivity index (χ1v) is 16.7. The number of hydrogen-bond acceptors (Lipinski definition) is 11. The zero-order valence-corrected chi connectivity index (χ0v) is 30.1. The number of rotatable bonds is 18. The van der Waals surface area contributed by atoms with Crippen LogP contribution in [0.15, 0.2) is 0 Å². The molecule has 0 bridgehead atoms. The molecule has 12 heteroatoms. The highest BCUT2D eigenvalue weighted by atomic mass is 28.4. The standard InChI is InChI=1S/C12H26O5Si.C10H21NO2.C8H16O3/c1-7-12(2,3)11(13)17-9-8-10-18(14-4,15-5)16-6;1-6-10(2,3)9(12)13-8-7-11(4)5;1-4-8(2,3)7(10)11-6-5-9/h7-10H2,1-6H3;6-8H2,1-5H3;9H,4-6H2,1-3H3. The van der Waals surface area contributed by atoms with E-state index in [2.05, 4.69) is 0 Å². The van der Waals surface area contributed by atoms with Crippen LogP contribution in [0.4, 0.5) is 0 Å². The zero-order valence-electron chi connectivity index (χ0n) is 29.1. The van der Waals surface area contributed by atoms with Crippen molar-refractivity contribution in [1.82, 2.24) is 4.90 Å².